The van der Waals surface area contributed by atoms with Crippen molar-refractivity contribution in [1.82, 2.24) is 4.98 Å². The molecule has 0 fully saturated rings. The summed E-state index contributed by atoms with van der Waals surface area (Å²) in [4.78, 5) is 16.1. The molecule has 0 radical (unpaired) electrons. The van der Waals surface area contributed by atoms with Crippen LogP contribution < -0.4 is 11.1 Å². The van der Waals surface area contributed by atoms with Crippen LogP contribution >= 0.6 is 11.3 Å². The van der Waals surface area contributed by atoms with E-state index in [4.69, 9.17) is 5.73 Å². The number of nitrogens with two attached hydrogens (primary N) is 1. The fourth-order valence-electron chi connectivity index (χ4n) is 1.66. The number of fused-ring (bicyclic) bond motifs is 1. The third-order valence-corrected chi connectivity index (χ3v) is 3.34. The van der Waals surface area contributed by atoms with Crippen LogP contribution in [0.1, 0.15) is 25.8 Å². The predicted octanol–water partition coefficient (Wildman–Crippen LogP) is 2.67. The van der Waals surface area contributed by atoms with Crippen LogP contribution in [-0.4, -0.2) is 16.4 Å². The molecule has 0 saturated carbocycles. The van der Waals surface area contributed by atoms with Gasteiger partial charge in [0.15, 0.2) is 5.13 Å². The van der Waals surface area contributed by atoms with Gasteiger partial charge in [0.25, 0.3) is 0 Å². The maximum atomic E-state index is 11.7. The van der Waals surface area contributed by atoms with Gasteiger partial charge in [-0.1, -0.05) is 17.4 Å². The Bertz CT molecular complexity index is 583. The lowest BCUT2D eigenvalue weighted by molar-refractivity contribution is -0.117. The number of carbonyl (C=O) groups excluding carboxylic acids is 1. The van der Waals surface area contributed by atoms with Crippen LogP contribution in [0.5, 0.6) is 0 Å². The van der Waals surface area contributed by atoms with Crippen molar-refractivity contribution < 1.29 is 4.79 Å². The number of hydrogen-bond acceptors (Lipinski definition) is 4. The lowest BCUT2D eigenvalue weighted by Gasteiger charge is -2.16. The Balaban J connectivity index is 2.15. The molecular weight excluding hydrogens is 246 g/mol. The first-order valence-corrected chi connectivity index (χ1v) is 6.61. The van der Waals surface area contributed by atoms with Gasteiger partial charge >= 0.3 is 0 Å². The number of aromatic nitrogens is 1. The molecule has 0 atom stereocenters. The fraction of sp³-hybridized carbons (Fsp3) is 0.385. The summed E-state index contributed by atoms with van der Waals surface area (Å²) in [6.07, 6.45) is 0.280. The van der Waals surface area contributed by atoms with Crippen molar-refractivity contribution in [2.24, 2.45) is 5.73 Å². The first-order chi connectivity index (χ1) is 8.33. The highest BCUT2D eigenvalue weighted by Gasteiger charge is 2.17. The summed E-state index contributed by atoms with van der Waals surface area (Å²) >= 11 is 1.48. The van der Waals surface area contributed by atoms with Crippen molar-refractivity contribution in [2.75, 3.05) is 5.32 Å². The molecule has 1 amide bonds. The molecule has 0 aliphatic carbocycles. The van der Waals surface area contributed by atoms with E-state index in [1.54, 1.807) is 0 Å². The largest absolute Gasteiger partial charge is 0.325 e. The summed E-state index contributed by atoms with van der Waals surface area (Å²) in [6, 6.07) is 6.04. The molecule has 5 heteroatoms. The molecule has 0 aliphatic heterocycles. The second kappa shape index (κ2) is 4.66. The standard InChI is InChI=1S/C13H17N3OS/c1-8-4-5-9-10(6-8)18-12(15-9)16-11(17)7-13(2,3)14/h4-6H,7,14H2,1-3H3,(H,15,16,17). The van der Waals surface area contributed by atoms with Crippen LogP contribution in [0.2, 0.25) is 0 Å². The Morgan fingerprint density at radius 2 is 2.22 bits per heavy atom. The van der Waals surface area contributed by atoms with Gasteiger partial charge in [-0.2, -0.15) is 0 Å². The SMILES string of the molecule is Cc1ccc2nc(NC(=O)CC(C)(C)N)sc2c1. The highest BCUT2D eigenvalue weighted by molar-refractivity contribution is 7.22. The van der Waals surface area contributed by atoms with E-state index >= 15 is 0 Å². The quantitative estimate of drug-likeness (QED) is 0.894. The number of anilines is 1. The van der Waals surface area contributed by atoms with E-state index in [9.17, 15) is 4.79 Å². The molecule has 0 unspecified atom stereocenters. The van der Waals surface area contributed by atoms with E-state index in [-0.39, 0.29) is 12.3 Å². The number of amides is 1. The highest BCUT2D eigenvalue weighted by atomic mass is 32.1. The zero-order valence-corrected chi connectivity index (χ0v) is 11.6. The minimum Gasteiger partial charge on any atom is -0.325 e. The first kappa shape index (κ1) is 13.0. The second-order valence-electron chi connectivity index (χ2n) is 5.20. The highest BCUT2D eigenvalue weighted by Crippen LogP contribution is 2.26. The molecule has 18 heavy (non-hydrogen) atoms. The van der Waals surface area contributed by atoms with Gasteiger partial charge in [0, 0.05) is 12.0 Å². The minimum atomic E-state index is -0.503. The van der Waals surface area contributed by atoms with E-state index in [0.717, 1.165) is 10.2 Å². The lowest BCUT2D eigenvalue weighted by Crippen LogP contribution is -2.36. The van der Waals surface area contributed by atoms with Crippen LogP contribution in [0.4, 0.5) is 5.13 Å². The van der Waals surface area contributed by atoms with Gasteiger partial charge in [-0.15, -0.1) is 0 Å². The Morgan fingerprint density at radius 3 is 2.89 bits per heavy atom. The normalized spacial score (nSPS) is 11.8. The molecule has 0 bridgehead atoms. The summed E-state index contributed by atoms with van der Waals surface area (Å²) in [6.45, 7) is 5.69. The zero-order valence-electron chi connectivity index (χ0n) is 10.8. The van der Waals surface area contributed by atoms with Gasteiger partial charge in [0.1, 0.15) is 0 Å². The van der Waals surface area contributed by atoms with Crippen molar-refractivity contribution in [3.63, 3.8) is 0 Å². The van der Waals surface area contributed by atoms with Crippen molar-refractivity contribution in [3.05, 3.63) is 23.8 Å². The van der Waals surface area contributed by atoms with E-state index in [2.05, 4.69) is 16.4 Å². The van der Waals surface area contributed by atoms with Crippen LogP contribution in [0, 0.1) is 6.92 Å². The lowest BCUT2D eigenvalue weighted by atomic mass is 10.0. The molecule has 4 nitrogen and oxygen atoms in total. The summed E-state index contributed by atoms with van der Waals surface area (Å²) in [7, 11) is 0. The Hall–Kier alpha value is -1.46. The summed E-state index contributed by atoms with van der Waals surface area (Å²) in [5.74, 6) is -0.0988. The fourth-order valence-corrected chi connectivity index (χ4v) is 2.64. The number of carbonyl (C=O) groups is 1. The van der Waals surface area contributed by atoms with Crippen LogP contribution in [0.3, 0.4) is 0 Å². The maximum absolute atomic E-state index is 11.7. The molecule has 1 aromatic heterocycles. The van der Waals surface area contributed by atoms with Crippen molar-refractivity contribution in [3.8, 4) is 0 Å². The molecule has 3 N–H and O–H groups in total. The molecule has 96 valence electrons. The third-order valence-electron chi connectivity index (χ3n) is 2.41. The molecule has 0 aliphatic rings. The number of benzene rings is 1. The van der Waals surface area contributed by atoms with Crippen LogP contribution in [-0.2, 0) is 4.79 Å². The Labute approximate surface area is 110 Å². The van der Waals surface area contributed by atoms with Crippen LogP contribution in [0.25, 0.3) is 10.2 Å². The number of nitrogens with one attached hydrogen (secondary N) is 1. The topological polar surface area (TPSA) is 68.0 Å². The smallest absolute Gasteiger partial charge is 0.227 e. The predicted molar refractivity (Wildman–Crippen MR) is 75.9 cm³/mol. The number of rotatable bonds is 3. The number of thiazole rings is 1. The number of aryl methyl sites for hydroxylation is 1. The van der Waals surface area contributed by atoms with Crippen molar-refractivity contribution in [1.29, 1.82) is 0 Å². The van der Waals surface area contributed by atoms with Crippen LogP contribution in [0.15, 0.2) is 18.2 Å². The third kappa shape index (κ3) is 3.27. The molecule has 2 rings (SSSR count). The average molecular weight is 263 g/mol. The van der Waals surface area contributed by atoms with E-state index in [1.807, 2.05) is 32.9 Å². The van der Waals surface area contributed by atoms with Gasteiger partial charge in [0.05, 0.1) is 10.2 Å². The first-order valence-electron chi connectivity index (χ1n) is 5.79. The molecule has 2 aromatic rings. The second-order valence-corrected chi connectivity index (χ2v) is 6.23. The van der Waals surface area contributed by atoms with E-state index < -0.39 is 5.54 Å². The van der Waals surface area contributed by atoms with E-state index in [0.29, 0.717) is 5.13 Å². The van der Waals surface area contributed by atoms with Gasteiger partial charge in [0.2, 0.25) is 5.91 Å². The maximum Gasteiger partial charge on any atom is 0.227 e. The summed E-state index contributed by atoms with van der Waals surface area (Å²) in [5, 5.41) is 3.43. The van der Waals surface area contributed by atoms with E-state index in [1.165, 1.54) is 16.9 Å². The monoisotopic (exact) mass is 263 g/mol. The Kier molecular flexibility index (Phi) is 3.36. The average Bonchev–Trinajstić information content (AvgIpc) is 2.55. The van der Waals surface area contributed by atoms with Gasteiger partial charge in [-0.3, -0.25) is 4.79 Å². The molecular formula is C13H17N3OS. The van der Waals surface area contributed by atoms with Gasteiger partial charge < -0.3 is 11.1 Å². The van der Waals surface area contributed by atoms with Crippen molar-refractivity contribution in [2.45, 2.75) is 32.7 Å². The number of hydrogen-bond donors (Lipinski definition) is 2. The van der Waals surface area contributed by atoms with Gasteiger partial charge in [-0.05, 0) is 38.5 Å². The molecule has 1 heterocycles. The number of nitrogens with zero attached hydrogens (tertiary/aromatic N) is 1. The van der Waals surface area contributed by atoms with Gasteiger partial charge in [-0.25, -0.2) is 4.98 Å². The molecule has 1 aromatic carbocycles. The van der Waals surface area contributed by atoms with Crippen molar-refractivity contribution >= 4 is 32.6 Å². The molecule has 0 saturated heterocycles. The summed E-state index contributed by atoms with van der Waals surface area (Å²) in [5.41, 5.74) is 7.40. The minimum absolute atomic E-state index is 0.0988. The zero-order chi connectivity index (χ0) is 13.3. The molecule has 0 spiro atoms. The summed E-state index contributed by atoms with van der Waals surface area (Å²) < 4.78 is 1.08. The Morgan fingerprint density at radius 1 is 1.50 bits per heavy atom.